The van der Waals surface area contributed by atoms with Gasteiger partial charge in [-0.1, -0.05) is 12.1 Å². The van der Waals surface area contributed by atoms with Crippen LogP contribution in [0.25, 0.3) is 0 Å². The summed E-state index contributed by atoms with van der Waals surface area (Å²) < 4.78 is 14.9. The third kappa shape index (κ3) is 1.99. The Kier molecular flexibility index (Phi) is 2.85. The Morgan fingerprint density at radius 1 is 1.29 bits per heavy atom. The first-order chi connectivity index (χ1) is 8.26. The SMILES string of the molecule is N#Cc1c(F)cccc1Cn1ccnc1C#N. The van der Waals surface area contributed by atoms with Gasteiger partial charge < -0.3 is 4.57 Å². The molecule has 1 heterocycles. The fraction of sp³-hybridized carbons (Fsp3) is 0.0833. The van der Waals surface area contributed by atoms with Crippen molar-refractivity contribution >= 4 is 0 Å². The lowest BCUT2D eigenvalue weighted by Crippen LogP contribution is -2.04. The molecule has 1 aromatic carbocycles. The van der Waals surface area contributed by atoms with E-state index in [1.807, 2.05) is 12.1 Å². The van der Waals surface area contributed by atoms with E-state index in [-0.39, 0.29) is 17.9 Å². The number of halogens is 1. The topological polar surface area (TPSA) is 65.4 Å². The number of rotatable bonds is 2. The van der Waals surface area contributed by atoms with Crippen molar-refractivity contribution in [3.63, 3.8) is 0 Å². The average molecular weight is 226 g/mol. The minimum Gasteiger partial charge on any atom is -0.318 e. The van der Waals surface area contributed by atoms with Crippen LogP contribution in [-0.4, -0.2) is 9.55 Å². The third-order valence-electron chi connectivity index (χ3n) is 2.37. The molecule has 0 aliphatic heterocycles. The summed E-state index contributed by atoms with van der Waals surface area (Å²) in [6.45, 7) is 0.254. The summed E-state index contributed by atoms with van der Waals surface area (Å²) >= 11 is 0. The lowest BCUT2D eigenvalue weighted by atomic mass is 10.1. The van der Waals surface area contributed by atoms with E-state index < -0.39 is 5.82 Å². The number of nitrogens with zero attached hydrogens (tertiary/aromatic N) is 4. The van der Waals surface area contributed by atoms with Gasteiger partial charge in [-0.2, -0.15) is 10.5 Å². The molecular weight excluding hydrogens is 219 g/mol. The number of imidazole rings is 1. The zero-order chi connectivity index (χ0) is 12.3. The summed E-state index contributed by atoms with van der Waals surface area (Å²) in [6, 6.07) is 8.17. The summed E-state index contributed by atoms with van der Waals surface area (Å²) in [4.78, 5) is 3.83. The Hall–Kier alpha value is -2.66. The highest BCUT2D eigenvalue weighted by molar-refractivity contribution is 5.39. The van der Waals surface area contributed by atoms with Gasteiger partial charge in [0.25, 0.3) is 0 Å². The molecule has 0 N–H and O–H groups in total. The van der Waals surface area contributed by atoms with Crippen molar-refractivity contribution in [3.05, 3.63) is 53.4 Å². The Balaban J connectivity index is 2.42. The Labute approximate surface area is 97.2 Å². The van der Waals surface area contributed by atoms with Crippen LogP contribution in [-0.2, 0) is 6.54 Å². The molecule has 0 aliphatic rings. The quantitative estimate of drug-likeness (QED) is 0.784. The van der Waals surface area contributed by atoms with Gasteiger partial charge in [-0.3, -0.25) is 0 Å². The largest absolute Gasteiger partial charge is 0.318 e. The smallest absolute Gasteiger partial charge is 0.213 e. The maximum atomic E-state index is 13.3. The predicted octanol–water partition coefficient (Wildman–Crippen LogP) is 1.81. The first-order valence-electron chi connectivity index (χ1n) is 4.85. The molecule has 2 rings (SSSR count). The van der Waals surface area contributed by atoms with E-state index in [2.05, 4.69) is 4.98 Å². The van der Waals surface area contributed by atoms with Gasteiger partial charge in [0, 0.05) is 12.4 Å². The molecule has 0 bridgehead atoms. The van der Waals surface area contributed by atoms with Gasteiger partial charge >= 0.3 is 0 Å². The maximum absolute atomic E-state index is 13.3. The molecule has 0 fully saturated rings. The van der Waals surface area contributed by atoms with Gasteiger partial charge in [-0.15, -0.1) is 0 Å². The molecule has 1 aromatic heterocycles. The maximum Gasteiger partial charge on any atom is 0.213 e. The van der Waals surface area contributed by atoms with Crippen molar-refractivity contribution in [2.75, 3.05) is 0 Å². The number of hydrogen-bond donors (Lipinski definition) is 0. The van der Waals surface area contributed by atoms with E-state index in [1.54, 1.807) is 16.8 Å². The molecule has 0 amide bonds. The number of nitriles is 2. The molecule has 0 saturated heterocycles. The molecule has 0 radical (unpaired) electrons. The second-order valence-electron chi connectivity index (χ2n) is 3.38. The van der Waals surface area contributed by atoms with Crippen LogP contribution in [0.1, 0.15) is 17.0 Å². The van der Waals surface area contributed by atoms with E-state index in [0.717, 1.165) is 0 Å². The Morgan fingerprint density at radius 2 is 2.12 bits per heavy atom. The molecule has 5 heteroatoms. The second kappa shape index (κ2) is 4.46. The van der Waals surface area contributed by atoms with Crippen LogP contribution in [0.2, 0.25) is 0 Å². The van der Waals surface area contributed by atoms with E-state index in [4.69, 9.17) is 10.5 Å². The zero-order valence-corrected chi connectivity index (χ0v) is 8.76. The van der Waals surface area contributed by atoms with Crippen LogP contribution in [0.15, 0.2) is 30.6 Å². The van der Waals surface area contributed by atoms with E-state index in [1.165, 1.54) is 18.3 Å². The van der Waals surface area contributed by atoms with Gasteiger partial charge in [-0.25, -0.2) is 9.37 Å². The normalized spacial score (nSPS) is 9.59. The molecule has 0 atom stereocenters. The van der Waals surface area contributed by atoms with Crippen LogP contribution < -0.4 is 0 Å². The lowest BCUT2D eigenvalue weighted by Gasteiger charge is -2.06. The summed E-state index contributed by atoms with van der Waals surface area (Å²) in [7, 11) is 0. The van der Waals surface area contributed by atoms with Crippen LogP contribution in [0.4, 0.5) is 4.39 Å². The van der Waals surface area contributed by atoms with Crippen molar-refractivity contribution in [3.8, 4) is 12.1 Å². The molecule has 2 aromatic rings. The molecule has 0 unspecified atom stereocenters. The Morgan fingerprint density at radius 3 is 2.82 bits per heavy atom. The number of benzene rings is 1. The van der Waals surface area contributed by atoms with Crippen molar-refractivity contribution in [2.24, 2.45) is 0 Å². The zero-order valence-electron chi connectivity index (χ0n) is 8.76. The number of aromatic nitrogens is 2. The molecular formula is C12H7FN4. The minimum atomic E-state index is -0.552. The summed E-state index contributed by atoms with van der Waals surface area (Å²) in [5, 5.41) is 17.7. The van der Waals surface area contributed by atoms with Gasteiger partial charge in [0.2, 0.25) is 5.82 Å². The highest BCUT2D eigenvalue weighted by Crippen LogP contribution is 2.14. The van der Waals surface area contributed by atoms with E-state index in [9.17, 15) is 4.39 Å². The molecule has 82 valence electrons. The molecule has 0 aliphatic carbocycles. The van der Waals surface area contributed by atoms with Crippen LogP contribution >= 0.6 is 0 Å². The monoisotopic (exact) mass is 226 g/mol. The summed E-state index contributed by atoms with van der Waals surface area (Å²) in [5.74, 6) is -0.318. The van der Waals surface area contributed by atoms with Gasteiger partial charge in [0.1, 0.15) is 18.0 Å². The molecule has 0 spiro atoms. The van der Waals surface area contributed by atoms with Crippen LogP contribution in [0.3, 0.4) is 0 Å². The summed E-state index contributed by atoms with van der Waals surface area (Å²) in [6.07, 6.45) is 3.11. The fourth-order valence-electron chi connectivity index (χ4n) is 1.56. The number of hydrogen-bond acceptors (Lipinski definition) is 3. The van der Waals surface area contributed by atoms with Gasteiger partial charge in [-0.05, 0) is 11.6 Å². The molecule has 0 saturated carbocycles. The minimum absolute atomic E-state index is 0.00471. The van der Waals surface area contributed by atoms with E-state index >= 15 is 0 Å². The standard InChI is InChI=1S/C12H7FN4/c13-11-3-1-2-9(10(11)6-14)8-17-5-4-16-12(17)7-15/h1-5H,8H2. The highest BCUT2D eigenvalue weighted by Gasteiger charge is 2.09. The average Bonchev–Trinajstić information content (AvgIpc) is 2.77. The lowest BCUT2D eigenvalue weighted by molar-refractivity contribution is 0.619. The van der Waals surface area contributed by atoms with Crippen molar-refractivity contribution in [1.82, 2.24) is 9.55 Å². The van der Waals surface area contributed by atoms with Gasteiger partial charge in [0.15, 0.2) is 0 Å². The van der Waals surface area contributed by atoms with Gasteiger partial charge in [0.05, 0.1) is 12.1 Å². The fourth-order valence-corrected chi connectivity index (χ4v) is 1.56. The molecule has 4 nitrogen and oxygen atoms in total. The Bertz CT molecular complexity index is 631. The molecule has 17 heavy (non-hydrogen) atoms. The van der Waals surface area contributed by atoms with Crippen LogP contribution in [0.5, 0.6) is 0 Å². The van der Waals surface area contributed by atoms with Crippen molar-refractivity contribution in [1.29, 1.82) is 10.5 Å². The summed E-state index contributed by atoms with van der Waals surface area (Å²) in [5.41, 5.74) is 0.534. The van der Waals surface area contributed by atoms with Crippen molar-refractivity contribution in [2.45, 2.75) is 6.54 Å². The second-order valence-corrected chi connectivity index (χ2v) is 3.38. The highest BCUT2D eigenvalue weighted by atomic mass is 19.1. The first kappa shape index (κ1) is 10.8. The van der Waals surface area contributed by atoms with Crippen LogP contribution in [0, 0.1) is 28.5 Å². The van der Waals surface area contributed by atoms with Crippen molar-refractivity contribution < 1.29 is 4.39 Å². The predicted molar refractivity (Wildman–Crippen MR) is 57.2 cm³/mol. The third-order valence-corrected chi connectivity index (χ3v) is 2.37. The first-order valence-corrected chi connectivity index (χ1v) is 4.85. The van der Waals surface area contributed by atoms with E-state index in [0.29, 0.717) is 5.56 Å².